The fraction of sp³-hybridized carbons (Fsp3) is 0.652. The van der Waals surface area contributed by atoms with Crippen LogP contribution in [0.3, 0.4) is 0 Å². The number of Topliss-reactive ketones (excluding diaryl/α,β-unsaturated/α-hetero) is 1. The number of nitrogens with zero attached hydrogens (tertiary/aromatic N) is 2. The number of esters is 3. The van der Waals surface area contributed by atoms with Crippen molar-refractivity contribution in [2.45, 2.75) is 137 Å². The number of benzene rings is 1. The van der Waals surface area contributed by atoms with E-state index in [0.29, 0.717) is 43.4 Å². The Balaban J connectivity index is 1.94. The highest BCUT2D eigenvalue weighted by Gasteiger charge is 2.35. The van der Waals surface area contributed by atoms with E-state index in [-0.39, 0.29) is 100 Å². The lowest BCUT2D eigenvalue weighted by Crippen LogP contribution is -2.50. The molecule has 2 N–H and O–H groups in total. The summed E-state index contributed by atoms with van der Waals surface area (Å²) < 4.78 is 34.6. The van der Waals surface area contributed by atoms with Crippen molar-refractivity contribution in [2.75, 3.05) is 46.2 Å². The van der Waals surface area contributed by atoms with Gasteiger partial charge < -0.3 is 28.4 Å². The van der Waals surface area contributed by atoms with Crippen LogP contribution in [0.25, 0.3) is 0 Å². The molecule has 0 atom stereocenters. The zero-order chi connectivity index (χ0) is 47.0. The number of imide groups is 1. The maximum atomic E-state index is 13.7. The van der Waals surface area contributed by atoms with E-state index in [1.165, 1.54) is 24.0 Å². The third kappa shape index (κ3) is 19.9. The number of ketones is 1. The molecule has 0 spiro atoms. The largest absolute Gasteiger partial charge is 0.460 e. The summed E-state index contributed by atoms with van der Waals surface area (Å²) >= 11 is 0. The molecular formula is C46H68N4O13. The normalized spacial score (nSPS) is 17.4. The maximum absolute atomic E-state index is 13.7. The quantitative estimate of drug-likeness (QED) is 0.0244. The van der Waals surface area contributed by atoms with Crippen LogP contribution in [0.2, 0.25) is 0 Å². The highest BCUT2D eigenvalue weighted by Crippen LogP contribution is 2.30. The number of amidine groups is 1. The van der Waals surface area contributed by atoms with Gasteiger partial charge in [0.25, 0.3) is 11.8 Å². The Morgan fingerprint density at radius 2 is 1.02 bits per heavy atom. The fourth-order valence-electron chi connectivity index (χ4n) is 6.62. The summed E-state index contributed by atoms with van der Waals surface area (Å²) in [6.45, 7) is 16.8. The third-order valence-corrected chi connectivity index (χ3v) is 9.50. The van der Waals surface area contributed by atoms with Gasteiger partial charge in [-0.25, -0.2) is 0 Å². The third-order valence-electron chi connectivity index (χ3n) is 9.50. The number of nitrogens with one attached hydrogen (secondary N) is 2. The zero-order valence-electron chi connectivity index (χ0n) is 38.7. The number of carbonyl (C=O) groups excluding carboxylic acids is 7. The first-order chi connectivity index (χ1) is 29.3. The van der Waals surface area contributed by atoms with Crippen molar-refractivity contribution in [1.29, 1.82) is 0 Å². The average Bonchev–Trinajstić information content (AvgIpc) is 3.48. The Hall–Kier alpha value is -5.00. The van der Waals surface area contributed by atoms with E-state index in [2.05, 4.69) is 10.9 Å². The minimum absolute atomic E-state index is 0.0614. The Kier molecular flexibility index (Phi) is 19.6. The number of hydrogen-bond donors (Lipinski definition) is 2. The van der Waals surface area contributed by atoms with Gasteiger partial charge in [-0.05, 0) is 101 Å². The summed E-state index contributed by atoms with van der Waals surface area (Å²) in [6.07, 6.45) is 4.60. The fourth-order valence-corrected chi connectivity index (χ4v) is 6.62. The number of hydrogen-bond acceptors (Lipinski definition) is 14. The van der Waals surface area contributed by atoms with Crippen LogP contribution in [0, 0.1) is 11.8 Å². The molecule has 1 aliphatic carbocycles. The minimum atomic E-state index is -1.43. The first kappa shape index (κ1) is 52.3. The molecular weight excluding hydrogens is 817 g/mol. The van der Waals surface area contributed by atoms with Gasteiger partial charge in [0.2, 0.25) is 5.91 Å². The van der Waals surface area contributed by atoms with Crippen LogP contribution >= 0.6 is 0 Å². The SMILES string of the molecule is CC(=O)c1ccc(C(=NC(COCCC(=O)OC(C)(C)C)(COCCC(=O)OC(C)(C)C)COCCC(=O)OC(C)(C)C)NNC(=O)C2CCC(CN3C(=O)C=CC3=O)CC2)cc1. The van der Waals surface area contributed by atoms with Crippen LogP contribution in [0.1, 0.15) is 130 Å². The molecule has 0 saturated heterocycles. The minimum Gasteiger partial charge on any atom is -0.460 e. The molecule has 1 aromatic carbocycles. The van der Waals surface area contributed by atoms with Gasteiger partial charge in [0.15, 0.2) is 5.78 Å². The molecule has 1 aromatic rings. The van der Waals surface area contributed by atoms with Gasteiger partial charge in [0, 0.05) is 35.7 Å². The van der Waals surface area contributed by atoms with Crippen molar-refractivity contribution in [3.05, 3.63) is 47.5 Å². The molecule has 0 radical (unpaired) electrons. The summed E-state index contributed by atoms with van der Waals surface area (Å²) in [7, 11) is 0. The topological polar surface area (TPSA) is 215 Å². The van der Waals surface area contributed by atoms with Gasteiger partial charge in [-0.1, -0.05) is 24.3 Å². The second kappa shape index (κ2) is 23.6. The molecule has 3 amide bonds. The van der Waals surface area contributed by atoms with E-state index in [0.717, 1.165) is 0 Å². The van der Waals surface area contributed by atoms with Crippen LogP contribution in [0.5, 0.6) is 0 Å². The van der Waals surface area contributed by atoms with Gasteiger partial charge in [-0.3, -0.25) is 54.3 Å². The number of rotatable bonds is 21. The molecule has 3 rings (SSSR count). The molecule has 0 unspecified atom stereocenters. The predicted molar refractivity (Wildman–Crippen MR) is 232 cm³/mol. The average molecular weight is 885 g/mol. The van der Waals surface area contributed by atoms with Crippen molar-refractivity contribution in [3.63, 3.8) is 0 Å². The van der Waals surface area contributed by atoms with Crippen LogP contribution in [0.4, 0.5) is 0 Å². The van der Waals surface area contributed by atoms with Crippen LogP contribution in [0.15, 0.2) is 41.4 Å². The molecule has 1 aliphatic heterocycles. The van der Waals surface area contributed by atoms with Crippen molar-refractivity contribution in [2.24, 2.45) is 16.8 Å². The Labute approximate surface area is 371 Å². The van der Waals surface area contributed by atoms with Gasteiger partial charge >= 0.3 is 17.9 Å². The molecule has 1 saturated carbocycles. The molecule has 17 heteroatoms. The van der Waals surface area contributed by atoms with Crippen LogP contribution in [-0.4, -0.2) is 121 Å². The number of carbonyl (C=O) groups is 7. The standard InChI is InChI=1S/C46H68N4O13/c1-31(51)33-15-17-34(18-16-33)41(48-49-42(57)35-13-11-32(12-14-35)27-50-36(52)19-20-37(50)53)47-46(28-58-24-21-38(54)61-43(2,3)4,29-59-25-22-39(55)62-44(5,6)7)30-60-26-23-40(56)63-45(8,9)10/h15-20,32,35H,11-14,21-30H2,1-10H3,(H,47,48)(H,49,57). The lowest BCUT2D eigenvalue weighted by molar-refractivity contribution is -0.157. The number of aliphatic imine (C=N–C) groups is 1. The van der Waals surface area contributed by atoms with E-state index >= 15 is 0 Å². The molecule has 63 heavy (non-hydrogen) atoms. The van der Waals surface area contributed by atoms with Gasteiger partial charge in [-0.15, -0.1) is 0 Å². The monoisotopic (exact) mass is 884 g/mol. The lowest BCUT2D eigenvalue weighted by atomic mass is 9.81. The van der Waals surface area contributed by atoms with Crippen molar-refractivity contribution in [3.8, 4) is 0 Å². The van der Waals surface area contributed by atoms with E-state index < -0.39 is 40.2 Å². The van der Waals surface area contributed by atoms with E-state index in [1.807, 2.05) is 0 Å². The van der Waals surface area contributed by atoms with Crippen molar-refractivity contribution >= 4 is 47.2 Å². The second-order valence-corrected chi connectivity index (χ2v) is 18.9. The molecule has 0 aromatic heterocycles. The Morgan fingerprint density at radius 1 is 0.619 bits per heavy atom. The number of ether oxygens (including phenoxy) is 6. The van der Waals surface area contributed by atoms with E-state index in [1.54, 1.807) is 86.6 Å². The van der Waals surface area contributed by atoms with Gasteiger partial charge in [0.05, 0.1) is 58.9 Å². The lowest BCUT2D eigenvalue weighted by Gasteiger charge is -2.32. The molecule has 17 nitrogen and oxygen atoms in total. The Bertz CT molecular complexity index is 1710. The number of hydrazine groups is 1. The summed E-state index contributed by atoms with van der Waals surface area (Å²) in [6, 6.07) is 6.57. The summed E-state index contributed by atoms with van der Waals surface area (Å²) in [5, 5.41) is 0. The molecule has 2 aliphatic rings. The predicted octanol–water partition coefficient (Wildman–Crippen LogP) is 4.97. The van der Waals surface area contributed by atoms with Crippen molar-refractivity contribution < 1.29 is 62.0 Å². The maximum Gasteiger partial charge on any atom is 0.308 e. The zero-order valence-corrected chi connectivity index (χ0v) is 38.7. The van der Waals surface area contributed by atoms with Gasteiger partial charge in [-0.2, -0.15) is 0 Å². The summed E-state index contributed by atoms with van der Waals surface area (Å²) in [5.41, 5.74) is 3.17. The highest BCUT2D eigenvalue weighted by molar-refractivity contribution is 6.12. The van der Waals surface area contributed by atoms with Crippen LogP contribution < -0.4 is 10.9 Å². The molecule has 1 fully saturated rings. The smallest absolute Gasteiger partial charge is 0.308 e. The van der Waals surface area contributed by atoms with E-state index in [9.17, 15) is 33.6 Å². The first-order valence-electron chi connectivity index (χ1n) is 21.5. The summed E-state index contributed by atoms with van der Waals surface area (Å²) in [4.78, 5) is 94.3. The highest BCUT2D eigenvalue weighted by atomic mass is 16.6. The molecule has 1 heterocycles. The van der Waals surface area contributed by atoms with E-state index in [4.69, 9.17) is 33.4 Å². The first-order valence-corrected chi connectivity index (χ1v) is 21.5. The van der Waals surface area contributed by atoms with Crippen molar-refractivity contribution in [1.82, 2.24) is 15.8 Å². The van der Waals surface area contributed by atoms with Gasteiger partial charge in [0.1, 0.15) is 28.2 Å². The van der Waals surface area contributed by atoms with Crippen LogP contribution in [-0.2, 0) is 57.2 Å². The second-order valence-electron chi connectivity index (χ2n) is 18.9. The molecule has 350 valence electrons. The number of amides is 3. The summed E-state index contributed by atoms with van der Waals surface area (Å²) in [5.74, 6) is -2.73. The Morgan fingerprint density at radius 3 is 1.40 bits per heavy atom. The molecule has 0 bridgehead atoms.